The normalized spacial score (nSPS) is 16.8. The van der Waals surface area contributed by atoms with Gasteiger partial charge >= 0.3 is 27.3 Å². The summed E-state index contributed by atoms with van der Waals surface area (Å²) in [6, 6.07) is 0. The van der Waals surface area contributed by atoms with Crippen LogP contribution in [-0.2, 0) is 26.1 Å². The van der Waals surface area contributed by atoms with Crippen molar-refractivity contribution in [2.24, 2.45) is 0 Å². The van der Waals surface area contributed by atoms with Crippen LogP contribution in [0.5, 0.6) is 11.8 Å². The minimum absolute atomic E-state index is 0.114. The molecule has 31 heavy (non-hydrogen) atoms. The molecule has 1 unspecified atom stereocenters. The summed E-state index contributed by atoms with van der Waals surface area (Å²) in [5.74, 6) is -8.55. The highest BCUT2D eigenvalue weighted by molar-refractivity contribution is 7.88. The van der Waals surface area contributed by atoms with Gasteiger partial charge in [-0.3, -0.25) is 9.08 Å². The van der Waals surface area contributed by atoms with Gasteiger partial charge in [0.2, 0.25) is 11.8 Å². The maximum Gasteiger partial charge on any atom is 0.444 e. The Morgan fingerprint density at radius 3 is 2.48 bits per heavy atom. The van der Waals surface area contributed by atoms with E-state index in [0.29, 0.717) is 12.8 Å². The van der Waals surface area contributed by atoms with Crippen LogP contribution in [0.15, 0.2) is 12.2 Å². The first-order valence-corrected chi connectivity index (χ1v) is 10.5. The number of halogens is 4. The lowest BCUT2D eigenvalue weighted by Crippen LogP contribution is -2.50. The first-order chi connectivity index (χ1) is 14.3. The van der Waals surface area contributed by atoms with Gasteiger partial charge < -0.3 is 20.1 Å². The zero-order valence-corrected chi connectivity index (χ0v) is 17.0. The van der Waals surface area contributed by atoms with Gasteiger partial charge in [0.15, 0.2) is 0 Å². The number of fused-ring (bicyclic) bond motifs is 1. The monoisotopic (exact) mass is 475 g/mol. The Kier molecular flexibility index (Phi) is 7.15. The number of carbonyl (C=O) groups excluding carboxylic acids is 1. The van der Waals surface area contributed by atoms with Gasteiger partial charge in [-0.05, 0) is 12.8 Å². The number of aromatic nitrogens is 1. The Morgan fingerprint density at radius 1 is 1.26 bits per heavy atom. The number of allylic oxidation sites excluding steroid dienone is 1. The van der Waals surface area contributed by atoms with Gasteiger partial charge in [0.25, 0.3) is 0 Å². The number of nitrogens with zero attached hydrogens (tertiary/aromatic N) is 1. The third-order valence-corrected chi connectivity index (χ3v) is 5.75. The second-order valence-corrected chi connectivity index (χ2v) is 8.30. The van der Waals surface area contributed by atoms with E-state index < -0.39 is 63.7 Å². The summed E-state index contributed by atoms with van der Waals surface area (Å²) in [4.78, 5) is 11.3. The fourth-order valence-corrected chi connectivity index (χ4v) is 3.64. The number of hydrogen-bond acceptors (Lipinski definition) is 8. The topological polar surface area (TPSA) is 135 Å². The van der Waals surface area contributed by atoms with Crippen molar-refractivity contribution in [3.8, 4) is 11.8 Å². The molecule has 1 heterocycles. The van der Waals surface area contributed by atoms with E-state index in [1.807, 2.05) is 0 Å². The van der Waals surface area contributed by atoms with E-state index in [4.69, 9.17) is 0 Å². The Hall–Kier alpha value is -2.48. The largest absolute Gasteiger partial charge is 0.492 e. The Bertz CT molecular complexity index is 958. The molecule has 0 spiro atoms. The summed E-state index contributed by atoms with van der Waals surface area (Å²) in [6.07, 6.45) is -0.106. The van der Waals surface area contributed by atoms with Crippen LogP contribution < -0.4 is 4.28 Å². The summed E-state index contributed by atoms with van der Waals surface area (Å²) >= 11 is 0. The zero-order chi connectivity index (χ0) is 23.6. The van der Waals surface area contributed by atoms with E-state index in [0.717, 1.165) is 6.08 Å². The molecule has 0 saturated heterocycles. The number of aliphatic hydroxyl groups excluding tert-OH is 1. The SMILES string of the molecule is CCCCC(=O)OCCC(F)(F)C(F)(F)S(=O)(=O)On1c(O)c2c(c1O)C(O)C=CC2. The minimum atomic E-state index is -6.48. The molecule has 1 aliphatic rings. The second-order valence-electron chi connectivity index (χ2n) is 6.73. The number of carbonyl (C=O) groups is 1. The molecule has 0 saturated carbocycles. The number of unbranched alkanes of at least 4 members (excludes halogenated alkanes) is 1. The van der Waals surface area contributed by atoms with E-state index in [1.165, 1.54) is 6.08 Å². The van der Waals surface area contributed by atoms with Gasteiger partial charge in [-0.1, -0.05) is 30.2 Å². The van der Waals surface area contributed by atoms with Gasteiger partial charge in [-0.25, -0.2) is 0 Å². The first kappa shape index (κ1) is 24.8. The van der Waals surface area contributed by atoms with E-state index in [2.05, 4.69) is 9.02 Å². The maximum atomic E-state index is 14.2. The summed E-state index contributed by atoms with van der Waals surface area (Å²) in [7, 11) is -6.48. The lowest BCUT2D eigenvalue weighted by molar-refractivity contribution is -0.175. The molecule has 9 nitrogen and oxygen atoms in total. The molecule has 0 radical (unpaired) electrons. The molecule has 1 atom stereocenters. The molecule has 1 aromatic heterocycles. The van der Waals surface area contributed by atoms with Crippen molar-refractivity contribution in [3.05, 3.63) is 23.3 Å². The second kappa shape index (κ2) is 8.94. The molecule has 0 aromatic carbocycles. The number of aromatic hydroxyl groups is 2. The lowest BCUT2D eigenvalue weighted by atomic mass is 9.99. The number of aliphatic hydroxyl groups is 1. The molecular formula is C17H21F4NO8S. The van der Waals surface area contributed by atoms with Crippen molar-refractivity contribution in [1.29, 1.82) is 0 Å². The molecule has 14 heteroatoms. The standard InChI is InChI=1S/C17H21F4NO8S/c1-2-3-7-12(24)29-9-8-16(18,19)17(20,21)31(27,28)30-22-14(25)10-5-4-6-11(23)13(10)15(22)26/h4,6,11,23,25-26H,2-3,5,7-9H2,1H3. The molecule has 0 fully saturated rings. The third-order valence-electron chi connectivity index (χ3n) is 4.48. The average molecular weight is 475 g/mol. The number of alkyl halides is 4. The van der Waals surface area contributed by atoms with Crippen molar-refractivity contribution in [2.75, 3.05) is 6.61 Å². The summed E-state index contributed by atoms with van der Waals surface area (Å²) in [5, 5.41) is 23.9. The predicted octanol–water partition coefficient (Wildman–Crippen LogP) is 2.16. The quantitative estimate of drug-likeness (QED) is 0.266. The number of hydrogen-bond donors (Lipinski definition) is 3. The highest BCUT2D eigenvalue weighted by Crippen LogP contribution is 2.44. The molecule has 0 aliphatic heterocycles. The van der Waals surface area contributed by atoms with E-state index >= 15 is 0 Å². The fraction of sp³-hybridized carbons (Fsp3) is 0.588. The number of rotatable bonds is 10. The van der Waals surface area contributed by atoms with Crippen molar-refractivity contribution >= 4 is 16.1 Å². The van der Waals surface area contributed by atoms with Crippen molar-refractivity contribution in [1.82, 2.24) is 4.73 Å². The molecule has 0 bridgehead atoms. The summed E-state index contributed by atoms with van der Waals surface area (Å²) in [6.45, 7) is 0.577. The van der Waals surface area contributed by atoms with Crippen molar-refractivity contribution in [2.45, 2.75) is 56.3 Å². The van der Waals surface area contributed by atoms with Crippen LogP contribution in [0.4, 0.5) is 17.6 Å². The van der Waals surface area contributed by atoms with Gasteiger partial charge in [0.05, 0.1) is 18.6 Å². The smallest absolute Gasteiger partial charge is 0.444 e. The molecule has 2 rings (SSSR count). The molecule has 0 amide bonds. The number of ether oxygens (including phenoxy) is 1. The van der Waals surface area contributed by atoms with Gasteiger partial charge in [-0.15, -0.1) is 0 Å². The van der Waals surface area contributed by atoms with Crippen LogP contribution in [0.2, 0.25) is 0 Å². The molecule has 1 aliphatic carbocycles. The Balaban J connectivity index is 2.20. The van der Waals surface area contributed by atoms with Crippen LogP contribution >= 0.6 is 0 Å². The van der Waals surface area contributed by atoms with Crippen LogP contribution in [-0.4, -0.2) is 52.2 Å². The van der Waals surface area contributed by atoms with Crippen molar-refractivity contribution in [3.63, 3.8) is 0 Å². The lowest BCUT2D eigenvalue weighted by Gasteiger charge is -2.25. The third kappa shape index (κ3) is 4.74. The predicted molar refractivity (Wildman–Crippen MR) is 96.1 cm³/mol. The first-order valence-electron chi connectivity index (χ1n) is 9.12. The van der Waals surface area contributed by atoms with Crippen LogP contribution in [0.3, 0.4) is 0 Å². The molecule has 3 N–H and O–H groups in total. The Morgan fingerprint density at radius 2 is 1.90 bits per heavy atom. The molecule has 1 aromatic rings. The average Bonchev–Trinajstić information content (AvgIpc) is 2.91. The van der Waals surface area contributed by atoms with Crippen LogP contribution in [0.1, 0.15) is 49.8 Å². The van der Waals surface area contributed by atoms with E-state index in [1.54, 1.807) is 6.92 Å². The maximum absolute atomic E-state index is 14.2. The highest BCUT2D eigenvalue weighted by Gasteiger charge is 2.67. The zero-order valence-electron chi connectivity index (χ0n) is 16.2. The number of esters is 1. The van der Waals surface area contributed by atoms with E-state index in [9.17, 15) is 46.1 Å². The Labute approximate surface area is 174 Å². The molecule has 176 valence electrons. The van der Waals surface area contributed by atoms with Crippen molar-refractivity contribution < 1.29 is 55.1 Å². The van der Waals surface area contributed by atoms with Crippen LogP contribution in [0, 0.1) is 0 Å². The minimum Gasteiger partial charge on any atom is -0.492 e. The van der Waals surface area contributed by atoms with E-state index in [-0.39, 0.29) is 23.1 Å². The summed E-state index contributed by atoms with van der Waals surface area (Å²) < 4.78 is 88.1. The van der Waals surface area contributed by atoms with Gasteiger partial charge in [0, 0.05) is 12.0 Å². The van der Waals surface area contributed by atoms with Gasteiger partial charge in [-0.2, -0.15) is 26.0 Å². The fourth-order valence-electron chi connectivity index (χ4n) is 2.74. The highest BCUT2D eigenvalue weighted by atomic mass is 32.2. The van der Waals surface area contributed by atoms with Gasteiger partial charge in [0.1, 0.15) is 6.10 Å². The summed E-state index contributed by atoms with van der Waals surface area (Å²) in [5.41, 5.74) is -0.666. The molecular weight excluding hydrogens is 454 g/mol. The van der Waals surface area contributed by atoms with Crippen LogP contribution in [0.25, 0.3) is 0 Å².